The number of fused-ring (bicyclic) bond motifs is 1. The highest BCUT2D eigenvalue weighted by Crippen LogP contribution is 2.23. The fraction of sp³-hybridized carbons (Fsp3) is 0.353. The van der Waals surface area contributed by atoms with Gasteiger partial charge in [-0.3, -0.25) is 4.79 Å². The van der Waals surface area contributed by atoms with E-state index >= 15 is 0 Å². The molecule has 2 nitrogen and oxygen atoms in total. The van der Waals surface area contributed by atoms with Gasteiger partial charge in [0, 0.05) is 12.2 Å². The van der Waals surface area contributed by atoms with E-state index in [1.165, 1.54) is 16.3 Å². The van der Waals surface area contributed by atoms with Crippen molar-refractivity contribution < 1.29 is 9.90 Å². The first-order chi connectivity index (χ1) is 9.77. The Morgan fingerprint density at radius 3 is 2.65 bits per heavy atom. The number of unbranched alkanes of at least 4 members (excludes halogenated alkanes) is 2. The normalized spacial score (nSPS) is 10.8. The van der Waals surface area contributed by atoms with Gasteiger partial charge in [0.15, 0.2) is 0 Å². The number of hydrogen-bond donors (Lipinski definition) is 1. The van der Waals surface area contributed by atoms with Crippen LogP contribution in [0.5, 0.6) is 0 Å². The highest BCUT2D eigenvalue weighted by atomic mass is 32.2. The van der Waals surface area contributed by atoms with Crippen LogP contribution in [0.2, 0.25) is 0 Å². The van der Waals surface area contributed by atoms with E-state index < -0.39 is 5.97 Å². The van der Waals surface area contributed by atoms with E-state index in [0.717, 1.165) is 30.8 Å². The van der Waals surface area contributed by atoms with Crippen molar-refractivity contribution in [2.24, 2.45) is 0 Å². The van der Waals surface area contributed by atoms with Crippen molar-refractivity contribution in [3.05, 3.63) is 48.0 Å². The average molecular weight is 288 g/mol. The lowest BCUT2D eigenvalue weighted by atomic mass is 10.1. The van der Waals surface area contributed by atoms with Crippen LogP contribution in [0, 0.1) is 0 Å². The van der Waals surface area contributed by atoms with Crippen LogP contribution in [-0.2, 0) is 10.5 Å². The summed E-state index contributed by atoms with van der Waals surface area (Å²) in [5.41, 5.74) is 1.39. The molecule has 2 aromatic carbocycles. The van der Waals surface area contributed by atoms with Crippen LogP contribution < -0.4 is 0 Å². The van der Waals surface area contributed by atoms with Gasteiger partial charge >= 0.3 is 5.97 Å². The third-order valence-corrected chi connectivity index (χ3v) is 4.41. The molecule has 1 N–H and O–H groups in total. The van der Waals surface area contributed by atoms with Crippen LogP contribution in [0.15, 0.2) is 42.5 Å². The summed E-state index contributed by atoms with van der Waals surface area (Å²) in [5.74, 6) is 1.44. The van der Waals surface area contributed by atoms with E-state index in [0.29, 0.717) is 6.42 Å². The van der Waals surface area contributed by atoms with Crippen LogP contribution in [0.25, 0.3) is 10.8 Å². The van der Waals surface area contributed by atoms with E-state index in [9.17, 15) is 4.79 Å². The minimum absolute atomic E-state index is 0.300. The molecule has 106 valence electrons. The molecule has 20 heavy (non-hydrogen) atoms. The number of carboxylic acids is 1. The van der Waals surface area contributed by atoms with Gasteiger partial charge in [-0.2, -0.15) is 11.8 Å². The van der Waals surface area contributed by atoms with E-state index in [1.54, 1.807) is 0 Å². The minimum atomic E-state index is -0.687. The van der Waals surface area contributed by atoms with Crippen molar-refractivity contribution in [2.75, 3.05) is 5.75 Å². The van der Waals surface area contributed by atoms with Crippen LogP contribution >= 0.6 is 11.8 Å². The molecule has 0 amide bonds. The molecule has 0 bridgehead atoms. The first kappa shape index (κ1) is 14.9. The number of carboxylic acid groups (broad SMARTS) is 1. The minimum Gasteiger partial charge on any atom is -0.481 e. The Balaban J connectivity index is 1.75. The number of thioether (sulfide) groups is 1. The molecular formula is C17H20O2S. The lowest BCUT2D eigenvalue weighted by molar-refractivity contribution is -0.137. The van der Waals surface area contributed by atoms with Crippen LogP contribution in [0.3, 0.4) is 0 Å². The maximum Gasteiger partial charge on any atom is 0.303 e. The largest absolute Gasteiger partial charge is 0.481 e. The fourth-order valence-corrected chi connectivity index (χ4v) is 3.28. The lowest BCUT2D eigenvalue weighted by Crippen LogP contribution is -1.94. The molecule has 0 aliphatic heterocycles. The smallest absolute Gasteiger partial charge is 0.303 e. The molecular weight excluding hydrogens is 268 g/mol. The third-order valence-electron chi connectivity index (χ3n) is 3.32. The Bertz CT molecular complexity index is 560. The Labute approximate surface area is 124 Å². The topological polar surface area (TPSA) is 37.3 Å². The van der Waals surface area contributed by atoms with E-state index in [1.807, 2.05) is 11.8 Å². The van der Waals surface area contributed by atoms with Crippen molar-refractivity contribution in [1.29, 1.82) is 0 Å². The predicted molar refractivity (Wildman–Crippen MR) is 86.2 cm³/mol. The second-order valence-corrected chi connectivity index (χ2v) is 6.00. The van der Waals surface area contributed by atoms with Crippen molar-refractivity contribution in [1.82, 2.24) is 0 Å². The molecule has 0 saturated carbocycles. The number of benzene rings is 2. The second kappa shape index (κ2) is 7.95. The lowest BCUT2D eigenvalue weighted by Gasteiger charge is -2.06. The summed E-state index contributed by atoms with van der Waals surface area (Å²) in [6.07, 6.45) is 3.20. The third kappa shape index (κ3) is 4.57. The maximum absolute atomic E-state index is 10.4. The van der Waals surface area contributed by atoms with Gasteiger partial charge < -0.3 is 5.11 Å². The van der Waals surface area contributed by atoms with Crippen molar-refractivity contribution in [3.63, 3.8) is 0 Å². The van der Waals surface area contributed by atoms with Gasteiger partial charge in [-0.15, -0.1) is 0 Å². The first-order valence-corrected chi connectivity index (χ1v) is 8.19. The van der Waals surface area contributed by atoms with E-state index in [4.69, 9.17) is 5.11 Å². The van der Waals surface area contributed by atoms with Crippen LogP contribution in [0.1, 0.15) is 31.2 Å². The summed E-state index contributed by atoms with van der Waals surface area (Å²) in [7, 11) is 0. The Morgan fingerprint density at radius 2 is 1.80 bits per heavy atom. The van der Waals surface area contributed by atoms with Crippen molar-refractivity contribution in [3.8, 4) is 0 Å². The Kier molecular flexibility index (Phi) is 5.93. The quantitative estimate of drug-likeness (QED) is 0.714. The molecule has 0 aliphatic carbocycles. The number of aliphatic carboxylic acids is 1. The zero-order valence-corrected chi connectivity index (χ0v) is 12.4. The summed E-state index contributed by atoms with van der Waals surface area (Å²) >= 11 is 1.93. The zero-order chi connectivity index (χ0) is 14.2. The SMILES string of the molecule is O=C(O)CCCCCSCc1cccc2ccccc12. The van der Waals surface area contributed by atoms with E-state index in [-0.39, 0.29) is 0 Å². The molecule has 3 heteroatoms. The number of carbonyl (C=O) groups is 1. The summed E-state index contributed by atoms with van der Waals surface area (Å²) < 4.78 is 0. The Morgan fingerprint density at radius 1 is 1.00 bits per heavy atom. The zero-order valence-electron chi connectivity index (χ0n) is 11.5. The molecule has 0 radical (unpaired) electrons. The fourth-order valence-electron chi connectivity index (χ4n) is 2.26. The van der Waals surface area contributed by atoms with Crippen LogP contribution in [0.4, 0.5) is 0 Å². The summed E-state index contributed by atoms with van der Waals surface area (Å²) in [4.78, 5) is 10.4. The van der Waals surface area contributed by atoms with Gasteiger partial charge in [0.25, 0.3) is 0 Å². The predicted octanol–water partition coefficient (Wildman–Crippen LogP) is 4.72. The number of hydrogen-bond acceptors (Lipinski definition) is 2. The van der Waals surface area contributed by atoms with Gasteiger partial charge in [-0.05, 0) is 34.9 Å². The van der Waals surface area contributed by atoms with Crippen molar-refractivity contribution >= 4 is 28.5 Å². The molecule has 0 fully saturated rings. The van der Waals surface area contributed by atoms with Gasteiger partial charge in [0.05, 0.1) is 0 Å². The second-order valence-electron chi connectivity index (χ2n) is 4.90. The standard InChI is InChI=1S/C17H20O2S/c18-17(19)11-2-1-5-12-20-13-15-9-6-8-14-7-3-4-10-16(14)15/h3-4,6-10H,1-2,5,11-13H2,(H,18,19). The molecule has 0 heterocycles. The molecule has 0 spiro atoms. The summed E-state index contributed by atoms with van der Waals surface area (Å²) in [6.45, 7) is 0. The maximum atomic E-state index is 10.4. The molecule has 0 atom stereocenters. The molecule has 0 aromatic heterocycles. The molecule has 2 rings (SSSR count). The average Bonchev–Trinajstić information content (AvgIpc) is 2.46. The molecule has 0 unspecified atom stereocenters. The van der Waals surface area contributed by atoms with Crippen molar-refractivity contribution in [2.45, 2.75) is 31.4 Å². The molecule has 0 saturated heterocycles. The first-order valence-electron chi connectivity index (χ1n) is 7.03. The monoisotopic (exact) mass is 288 g/mol. The highest BCUT2D eigenvalue weighted by molar-refractivity contribution is 7.98. The van der Waals surface area contributed by atoms with Gasteiger partial charge in [0.2, 0.25) is 0 Å². The van der Waals surface area contributed by atoms with Gasteiger partial charge in [0.1, 0.15) is 0 Å². The highest BCUT2D eigenvalue weighted by Gasteiger charge is 2.01. The Hall–Kier alpha value is -1.48. The summed E-state index contributed by atoms with van der Waals surface area (Å²) in [5, 5.41) is 11.2. The van der Waals surface area contributed by atoms with Gasteiger partial charge in [-0.1, -0.05) is 48.9 Å². The number of rotatable bonds is 8. The van der Waals surface area contributed by atoms with Gasteiger partial charge in [-0.25, -0.2) is 0 Å². The van der Waals surface area contributed by atoms with Crippen LogP contribution in [-0.4, -0.2) is 16.8 Å². The molecule has 0 aliphatic rings. The molecule has 2 aromatic rings. The summed E-state index contributed by atoms with van der Waals surface area (Å²) in [6, 6.07) is 14.9. The van der Waals surface area contributed by atoms with E-state index in [2.05, 4.69) is 42.5 Å².